The summed E-state index contributed by atoms with van der Waals surface area (Å²) in [5.41, 5.74) is 10.5. The summed E-state index contributed by atoms with van der Waals surface area (Å²) in [5.74, 6) is 0.620. The van der Waals surface area contributed by atoms with Crippen molar-refractivity contribution >= 4 is 41.2 Å². The van der Waals surface area contributed by atoms with Gasteiger partial charge in [0.15, 0.2) is 0 Å². The number of anilines is 3. The second-order valence-corrected chi connectivity index (χ2v) is 8.37. The maximum Gasteiger partial charge on any atom is 0.264 e. The molecule has 1 heterocycles. The minimum absolute atomic E-state index is 0.178. The normalized spacial score (nSPS) is 14.1. The molecular formula is C26H30F2N4O2. The van der Waals surface area contributed by atoms with Gasteiger partial charge in [0, 0.05) is 73.3 Å². The molecule has 1 aliphatic heterocycles. The Balaban J connectivity index is 2.33. The van der Waals surface area contributed by atoms with Crippen LogP contribution in [0.4, 0.5) is 25.8 Å². The Bertz CT molecular complexity index is 1160. The summed E-state index contributed by atoms with van der Waals surface area (Å²) in [6.45, 7) is 2.34. The van der Waals surface area contributed by atoms with Gasteiger partial charge in [-0.2, -0.15) is 0 Å². The van der Waals surface area contributed by atoms with Crippen molar-refractivity contribution in [2.45, 2.75) is 26.2 Å². The highest BCUT2D eigenvalue weighted by Gasteiger charge is 2.27. The number of fused-ring (bicyclic) bond motifs is 1. The average Bonchev–Trinajstić information content (AvgIpc) is 2.83. The summed E-state index contributed by atoms with van der Waals surface area (Å²) in [7, 11) is 5.37. The number of halogens is 2. The number of hydrogen-bond acceptors (Lipinski definition) is 6. The lowest BCUT2D eigenvalue weighted by Crippen LogP contribution is -2.26. The van der Waals surface area contributed by atoms with Crippen LogP contribution in [-0.4, -0.2) is 40.3 Å². The Morgan fingerprint density at radius 2 is 1.97 bits per heavy atom. The molecule has 0 aliphatic carbocycles. The van der Waals surface area contributed by atoms with E-state index < -0.39 is 6.43 Å². The van der Waals surface area contributed by atoms with Crippen LogP contribution in [0, 0.1) is 5.41 Å². The molecule has 0 saturated carbocycles. The predicted molar refractivity (Wildman–Crippen MR) is 135 cm³/mol. The number of benzene rings is 2. The first-order chi connectivity index (χ1) is 16.2. The van der Waals surface area contributed by atoms with Gasteiger partial charge in [0.2, 0.25) is 0 Å². The zero-order valence-corrected chi connectivity index (χ0v) is 19.9. The molecule has 8 heteroatoms. The highest BCUT2D eigenvalue weighted by atomic mass is 19.3. The van der Waals surface area contributed by atoms with E-state index in [1.54, 1.807) is 26.2 Å². The van der Waals surface area contributed by atoms with Crippen molar-refractivity contribution in [3.05, 3.63) is 58.3 Å². The van der Waals surface area contributed by atoms with Crippen LogP contribution in [0.2, 0.25) is 0 Å². The largest absolute Gasteiger partial charge is 0.497 e. The highest BCUT2D eigenvalue weighted by molar-refractivity contribution is 6.09. The van der Waals surface area contributed by atoms with Crippen LogP contribution >= 0.6 is 0 Å². The Hall–Kier alpha value is -3.68. The minimum Gasteiger partial charge on any atom is -0.497 e. The van der Waals surface area contributed by atoms with Gasteiger partial charge >= 0.3 is 0 Å². The number of methoxy groups -OCH3 is 1. The van der Waals surface area contributed by atoms with Crippen LogP contribution in [0.1, 0.15) is 42.0 Å². The number of alkyl halides is 2. The molecule has 2 aromatic rings. The summed E-state index contributed by atoms with van der Waals surface area (Å²) in [4.78, 5) is 15.4. The lowest BCUT2D eigenvalue weighted by atomic mass is 9.91. The summed E-state index contributed by atoms with van der Waals surface area (Å²) in [5, 5.41) is 7.59. The molecule has 0 atom stereocenters. The molecule has 1 aliphatic rings. The van der Waals surface area contributed by atoms with Crippen molar-refractivity contribution in [1.82, 2.24) is 0 Å². The molecule has 0 spiro atoms. The van der Waals surface area contributed by atoms with Gasteiger partial charge in [0.05, 0.1) is 12.8 Å². The minimum atomic E-state index is -2.74. The second-order valence-electron chi connectivity index (χ2n) is 8.37. The molecule has 0 amide bonds. The topological polar surface area (TPSA) is 82.7 Å². The third kappa shape index (κ3) is 4.81. The first kappa shape index (κ1) is 25.0. The molecule has 0 saturated heterocycles. The fourth-order valence-corrected chi connectivity index (χ4v) is 4.26. The maximum absolute atomic E-state index is 14.1. The van der Waals surface area contributed by atoms with E-state index in [4.69, 9.17) is 15.9 Å². The van der Waals surface area contributed by atoms with Gasteiger partial charge in [0.25, 0.3) is 6.43 Å². The monoisotopic (exact) mass is 468 g/mol. The van der Waals surface area contributed by atoms with Gasteiger partial charge in [-0.1, -0.05) is 0 Å². The van der Waals surface area contributed by atoms with Crippen molar-refractivity contribution in [1.29, 1.82) is 5.41 Å². The number of nitrogens with two attached hydrogens (primary N) is 1. The fraction of sp³-hybridized carbons (Fsp3) is 0.308. The Morgan fingerprint density at radius 1 is 1.24 bits per heavy atom. The number of nitrogens with zero attached hydrogens (tertiary/aromatic N) is 2. The lowest BCUT2D eigenvalue weighted by Gasteiger charge is -2.35. The molecule has 2 aromatic carbocycles. The van der Waals surface area contributed by atoms with Crippen LogP contribution in [-0.2, 0) is 11.2 Å². The molecule has 0 fully saturated rings. The maximum atomic E-state index is 14.1. The van der Waals surface area contributed by atoms with Crippen LogP contribution in [0.15, 0.2) is 36.0 Å². The fourth-order valence-electron chi connectivity index (χ4n) is 4.26. The summed E-state index contributed by atoms with van der Waals surface area (Å²) >= 11 is 0. The number of allylic oxidation sites excluding steroid dienone is 2. The van der Waals surface area contributed by atoms with E-state index in [1.807, 2.05) is 36.0 Å². The van der Waals surface area contributed by atoms with E-state index in [1.165, 1.54) is 12.3 Å². The number of nitrogens with one attached hydrogen (secondary N) is 1. The highest BCUT2D eigenvalue weighted by Crippen LogP contribution is 2.44. The van der Waals surface area contributed by atoms with Crippen molar-refractivity contribution in [2.75, 3.05) is 37.5 Å². The van der Waals surface area contributed by atoms with Crippen LogP contribution < -0.4 is 20.3 Å². The molecule has 0 bridgehead atoms. The Morgan fingerprint density at radius 3 is 2.53 bits per heavy atom. The summed E-state index contributed by atoms with van der Waals surface area (Å²) in [6.07, 6.45) is 3.54. The van der Waals surface area contributed by atoms with E-state index in [2.05, 4.69) is 0 Å². The van der Waals surface area contributed by atoms with E-state index in [0.29, 0.717) is 30.0 Å². The molecule has 3 N–H and O–H groups in total. The molecular weight excluding hydrogens is 438 g/mol. The number of hydrogen-bond donors (Lipinski definition) is 2. The molecule has 6 nitrogen and oxygen atoms in total. The van der Waals surface area contributed by atoms with Gasteiger partial charge in [-0.25, -0.2) is 8.78 Å². The smallest absolute Gasteiger partial charge is 0.264 e. The Kier molecular flexibility index (Phi) is 7.71. The first-order valence-corrected chi connectivity index (χ1v) is 10.9. The number of aldehydes is 1. The molecule has 34 heavy (non-hydrogen) atoms. The zero-order valence-electron chi connectivity index (χ0n) is 19.9. The first-order valence-electron chi connectivity index (χ1n) is 10.9. The molecule has 3 rings (SSSR count). The van der Waals surface area contributed by atoms with Gasteiger partial charge in [-0.15, -0.1) is 0 Å². The predicted octanol–water partition coefficient (Wildman–Crippen LogP) is 5.33. The molecule has 0 radical (unpaired) electrons. The molecule has 0 unspecified atom stereocenters. The van der Waals surface area contributed by atoms with E-state index in [0.717, 1.165) is 41.4 Å². The second kappa shape index (κ2) is 10.5. The van der Waals surface area contributed by atoms with Gasteiger partial charge in [-0.05, 0) is 54.7 Å². The van der Waals surface area contributed by atoms with Crippen molar-refractivity contribution in [2.24, 2.45) is 5.73 Å². The average molecular weight is 469 g/mol. The number of rotatable bonds is 8. The van der Waals surface area contributed by atoms with E-state index in [-0.39, 0.29) is 16.7 Å². The van der Waals surface area contributed by atoms with Crippen molar-refractivity contribution < 1.29 is 18.3 Å². The molecule has 0 aromatic heterocycles. The van der Waals surface area contributed by atoms with Crippen molar-refractivity contribution in [3.63, 3.8) is 0 Å². The quantitative estimate of drug-likeness (QED) is 0.311. The Labute approximate surface area is 198 Å². The zero-order chi connectivity index (χ0) is 25.0. The number of carbonyl (C=O) groups is 1. The lowest BCUT2D eigenvalue weighted by molar-refractivity contribution is -0.104. The number of carbonyl (C=O) groups excluding carboxylic acids is 1. The molecule has 180 valence electrons. The summed E-state index contributed by atoms with van der Waals surface area (Å²) in [6, 6.07) is 6.96. The van der Waals surface area contributed by atoms with E-state index in [9.17, 15) is 13.6 Å². The third-order valence-electron chi connectivity index (χ3n) is 5.93. The standard InChI is InChI=1S/C26H30F2N4O2/c1-16(15-33)8-22-24(31(2)3)10-19(34-4)11-25(22)32-7-5-6-17-9-20(18(13-29)14-30)21(26(27)28)12-23(17)32/h8-15,26,29H,5-7,30H2,1-4H3/b16-8-,18-14+,29-13?. The summed E-state index contributed by atoms with van der Waals surface area (Å²) < 4.78 is 33.8. The SMILES string of the molecule is COc1cc(N(C)C)c(/C=C(/C)C=O)c(N2CCCc3cc(/C(C=N)=C/N)c(C(F)F)cc32)c1. The third-order valence-corrected chi connectivity index (χ3v) is 5.93. The number of aryl methyl sites for hydroxylation is 1. The van der Waals surface area contributed by atoms with Crippen LogP contribution in [0.3, 0.4) is 0 Å². The number of ether oxygens (including phenoxy) is 1. The van der Waals surface area contributed by atoms with Crippen LogP contribution in [0.5, 0.6) is 5.75 Å². The van der Waals surface area contributed by atoms with Gasteiger partial charge in [-0.3, -0.25) is 4.79 Å². The van der Waals surface area contributed by atoms with E-state index >= 15 is 0 Å². The van der Waals surface area contributed by atoms with Crippen molar-refractivity contribution in [3.8, 4) is 5.75 Å². The van der Waals surface area contributed by atoms with Gasteiger partial charge < -0.3 is 25.7 Å². The van der Waals surface area contributed by atoms with Crippen LogP contribution in [0.25, 0.3) is 11.6 Å². The van der Waals surface area contributed by atoms with Gasteiger partial charge in [0.1, 0.15) is 12.0 Å².